The highest BCUT2D eigenvalue weighted by molar-refractivity contribution is 6.32. The van der Waals surface area contributed by atoms with Crippen molar-refractivity contribution in [3.63, 3.8) is 0 Å². The summed E-state index contributed by atoms with van der Waals surface area (Å²) in [6.45, 7) is 0.824. The summed E-state index contributed by atoms with van der Waals surface area (Å²) in [5.41, 5.74) is 3.67. The number of fused-ring (bicyclic) bond motifs is 1. The molecule has 1 aliphatic carbocycles. The standard InChI is InChI=1S/C22H28ClN3O2/c1-25-18-7-4-3-6-17(18)24-22(25)19-8-5-13-26(19)21(27)12-10-15-9-11-20(28-2)16(23)14-15/h9,11,14,19H,3-8,10,12-13H2,1-2H3. The van der Waals surface area contributed by atoms with Gasteiger partial charge in [-0.1, -0.05) is 17.7 Å². The van der Waals surface area contributed by atoms with Crippen LogP contribution in [0.5, 0.6) is 5.75 Å². The van der Waals surface area contributed by atoms with Crippen LogP contribution in [0.3, 0.4) is 0 Å². The Bertz CT molecular complexity index is 877. The molecule has 1 amide bonds. The van der Waals surface area contributed by atoms with E-state index in [1.807, 2.05) is 23.1 Å². The highest BCUT2D eigenvalue weighted by atomic mass is 35.5. The fourth-order valence-electron chi connectivity index (χ4n) is 4.60. The van der Waals surface area contributed by atoms with Crippen LogP contribution in [0, 0.1) is 0 Å². The Morgan fingerprint density at radius 3 is 2.86 bits per heavy atom. The zero-order valence-corrected chi connectivity index (χ0v) is 17.5. The van der Waals surface area contributed by atoms with Crippen molar-refractivity contribution in [3.05, 3.63) is 46.0 Å². The number of likely N-dealkylation sites (tertiary alicyclic amines) is 1. The van der Waals surface area contributed by atoms with Gasteiger partial charge in [0.05, 0.1) is 23.9 Å². The van der Waals surface area contributed by atoms with E-state index in [1.165, 1.54) is 24.2 Å². The number of carbonyl (C=O) groups is 1. The van der Waals surface area contributed by atoms with Gasteiger partial charge in [-0.15, -0.1) is 0 Å². The predicted molar refractivity (Wildman–Crippen MR) is 110 cm³/mol. The Morgan fingerprint density at radius 2 is 2.11 bits per heavy atom. The van der Waals surface area contributed by atoms with E-state index < -0.39 is 0 Å². The molecule has 1 aromatic carbocycles. The maximum absolute atomic E-state index is 13.0. The number of carbonyl (C=O) groups excluding carboxylic acids is 1. The van der Waals surface area contributed by atoms with Gasteiger partial charge in [0.2, 0.25) is 5.91 Å². The molecule has 0 saturated carbocycles. The lowest BCUT2D eigenvalue weighted by Gasteiger charge is -2.25. The van der Waals surface area contributed by atoms with E-state index in [-0.39, 0.29) is 11.9 Å². The molecule has 0 spiro atoms. The first kappa shape index (κ1) is 19.3. The van der Waals surface area contributed by atoms with E-state index in [0.717, 1.165) is 43.6 Å². The number of imidazole rings is 1. The summed E-state index contributed by atoms with van der Waals surface area (Å²) in [5.74, 6) is 1.94. The van der Waals surface area contributed by atoms with Gasteiger partial charge in [-0.2, -0.15) is 0 Å². The van der Waals surface area contributed by atoms with Crippen molar-refractivity contribution in [3.8, 4) is 5.75 Å². The molecule has 4 rings (SSSR count). The van der Waals surface area contributed by atoms with E-state index in [9.17, 15) is 4.79 Å². The van der Waals surface area contributed by atoms with Crippen LogP contribution in [0.4, 0.5) is 0 Å². The first-order chi connectivity index (χ1) is 13.6. The van der Waals surface area contributed by atoms with Gasteiger partial charge in [-0.05, 0) is 62.6 Å². The molecule has 1 fully saturated rings. The summed E-state index contributed by atoms with van der Waals surface area (Å²) >= 11 is 6.21. The highest BCUT2D eigenvalue weighted by Crippen LogP contribution is 2.34. The van der Waals surface area contributed by atoms with Gasteiger partial charge in [0.1, 0.15) is 11.6 Å². The van der Waals surface area contributed by atoms with Crippen molar-refractivity contribution < 1.29 is 9.53 Å². The second kappa shape index (κ2) is 8.16. The van der Waals surface area contributed by atoms with Crippen molar-refractivity contribution in [2.75, 3.05) is 13.7 Å². The van der Waals surface area contributed by atoms with E-state index in [1.54, 1.807) is 7.11 Å². The predicted octanol–water partition coefficient (Wildman–Crippen LogP) is 4.26. The molecular formula is C22H28ClN3O2. The molecule has 1 unspecified atom stereocenters. The normalized spacial score (nSPS) is 19.0. The summed E-state index contributed by atoms with van der Waals surface area (Å²) in [6, 6.07) is 5.84. The molecule has 1 aromatic heterocycles. The van der Waals surface area contributed by atoms with Gasteiger partial charge in [-0.3, -0.25) is 4.79 Å². The third-order valence-electron chi connectivity index (χ3n) is 6.12. The molecule has 1 saturated heterocycles. The van der Waals surface area contributed by atoms with Crippen LogP contribution in [0.15, 0.2) is 18.2 Å². The maximum atomic E-state index is 13.0. The third kappa shape index (κ3) is 3.64. The highest BCUT2D eigenvalue weighted by Gasteiger charge is 2.34. The number of methoxy groups -OCH3 is 1. The number of rotatable bonds is 5. The lowest BCUT2D eigenvalue weighted by Crippen LogP contribution is -2.32. The van der Waals surface area contributed by atoms with E-state index in [4.69, 9.17) is 21.3 Å². The molecule has 150 valence electrons. The number of hydrogen-bond donors (Lipinski definition) is 0. The minimum atomic E-state index is 0.113. The molecular weight excluding hydrogens is 374 g/mol. The van der Waals surface area contributed by atoms with Crippen molar-refractivity contribution in [2.45, 2.75) is 57.4 Å². The Balaban J connectivity index is 1.45. The minimum Gasteiger partial charge on any atom is -0.495 e. The molecule has 28 heavy (non-hydrogen) atoms. The second-order valence-corrected chi connectivity index (χ2v) is 8.25. The number of halogens is 1. The van der Waals surface area contributed by atoms with Crippen LogP contribution >= 0.6 is 11.6 Å². The Hall–Kier alpha value is -2.01. The minimum absolute atomic E-state index is 0.113. The number of nitrogens with zero attached hydrogens (tertiary/aromatic N) is 3. The average Bonchev–Trinajstić information content (AvgIpc) is 3.31. The fraction of sp³-hybridized carbons (Fsp3) is 0.545. The van der Waals surface area contributed by atoms with Crippen molar-refractivity contribution in [1.29, 1.82) is 0 Å². The van der Waals surface area contributed by atoms with Crippen LogP contribution in [-0.4, -0.2) is 34.0 Å². The van der Waals surface area contributed by atoms with E-state index in [0.29, 0.717) is 23.6 Å². The molecule has 2 heterocycles. The Morgan fingerprint density at radius 1 is 1.29 bits per heavy atom. The zero-order valence-electron chi connectivity index (χ0n) is 16.7. The van der Waals surface area contributed by atoms with Gasteiger partial charge in [0.25, 0.3) is 0 Å². The Kier molecular flexibility index (Phi) is 5.63. The van der Waals surface area contributed by atoms with Crippen LogP contribution in [0.2, 0.25) is 5.02 Å². The number of amides is 1. The molecule has 6 heteroatoms. The van der Waals surface area contributed by atoms with Gasteiger partial charge in [0.15, 0.2) is 0 Å². The molecule has 1 atom stereocenters. The lowest BCUT2D eigenvalue weighted by molar-refractivity contribution is -0.132. The molecule has 1 aliphatic heterocycles. The van der Waals surface area contributed by atoms with Crippen molar-refractivity contribution in [1.82, 2.24) is 14.5 Å². The largest absolute Gasteiger partial charge is 0.495 e. The third-order valence-corrected chi connectivity index (χ3v) is 6.42. The fourth-order valence-corrected chi connectivity index (χ4v) is 4.88. The van der Waals surface area contributed by atoms with Crippen LogP contribution in [0.25, 0.3) is 0 Å². The molecule has 2 aliphatic rings. The summed E-state index contributed by atoms with van der Waals surface area (Å²) in [6.07, 6.45) is 7.86. The average molecular weight is 402 g/mol. The molecule has 0 N–H and O–H groups in total. The van der Waals surface area contributed by atoms with Crippen LogP contribution in [-0.2, 0) is 31.1 Å². The molecule has 2 aromatic rings. The molecule has 0 bridgehead atoms. The zero-order chi connectivity index (χ0) is 19.7. The monoisotopic (exact) mass is 401 g/mol. The summed E-state index contributed by atoms with van der Waals surface area (Å²) in [4.78, 5) is 20.0. The number of benzene rings is 1. The molecule has 0 radical (unpaired) electrons. The quantitative estimate of drug-likeness (QED) is 0.752. The van der Waals surface area contributed by atoms with Gasteiger partial charge in [-0.25, -0.2) is 4.98 Å². The summed E-state index contributed by atoms with van der Waals surface area (Å²) < 4.78 is 7.46. The summed E-state index contributed by atoms with van der Waals surface area (Å²) in [7, 11) is 3.72. The number of hydrogen-bond acceptors (Lipinski definition) is 3. The summed E-state index contributed by atoms with van der Waals surface area (Å²) in [5, 5.41) is 0.588. The number of aromatic nitrogens is 2. The van der Waals surface area contributed by atoms with Crippen molar-refractivity contribution in [2.24, 2.45) is 7.05 Å². The lowest BCUT2D eigenvalue weighted by atomic mass is 10.0. The SMILES string of the molecule is COc1ccc(CCC(=O)N2CCCC2c2nc3c(n2C)CCCC3)cc1Cl. The topological polar surface area (TPSA) is 47.4 Å². The van der Waals surface area contributed by atoms with Gasteiger partial charge < -0.3 is 14.2 Å². The van der Waals surface area contributed by atoms with Crippen LogP contribution < -0.4 is 4.74 Å². The Labute approximate surface area is 171 Å². The first-order valence-corrected chi connectivity index (χ1v) is 10.6. The maximum Gasteiger partial charge on any atom is 0.223 e. The van der Waals surface area contributed by atoms with Crippen molar-refractivity contribution >= 4 is 17.5 Å². The van der Waals surface area contributed by atoms with E-state index >= 15 is 0 Å². The molecule has 5 nitrogen and oxygen atoms in total. The number of aryl methyl sites for hydroxylation is 2. The second-order valence-electron chi connectivity index (χ2n) is 7.84. The number of ether oxygens (including phenoxy) is 1. The first-order valence-electron chi connectivity index (χ1n) is 10.2. The van der Waals surface area contributed by atoms with Crippen LogP contribution in [0.1, 0.15) is 60.9 Å². The van der Waals surface area contributed by atoms with Gasteiger partial charge >= 0.3 is 0 Å². The van der Waals surface area contributed by atoms with E-state index in [2.05, 4.69) is 11.6 Å². The van der Waals surface area contributed by atoms with Gasteiger partial charge in [0, 0.05) is 25.7 Å². The smallest absolute Gasteiger partial charge is 0.223 e.